The number of nitrogens with zero attached hydrogens (tertiary/aromatic N) is 5. The van der Waals surface area contributed by atoms with Crippen LogP contribution >= 0.6 is 24.0 Å². The Balaban J connectivity index is 1.16. The molecule has 0 saturated carbocycles. The summed E-state index contributed by atoms with van der Waals surface area (Å²) in [6.07, 6.45) is 1.49. The number of aromatic nitrogens is 3. The summed E-state index contributed by atoms with van der Waals surface area (Å²) in [6.45, 7) is 8.24. The van der Waals surface area contributed by atoms with E-state index in [9.17, 15) is 18.0 Å². The molecule has 1 amide bonds. The average Bonchev–Trinajstić information content (AvgIpc) is 3.64. The highest BCUT2D eigenvalue weighted by Gasteiger charge is 2.32. The fourth-order valence-electron chi connectivity index (χ4n) is 4.88. The summed E-state index contributed by atoms with van der Waals surface area (Å²) in [4.78, 5) is 23.5. The van der Waals surface area contributed by atoms with Crippen molar-refractivity contribution in [2.45, 2.75) is 52.4 Å². The highest BCUT2D eigenvalue weighted by molar-refractivity contribution is 8.15. The number of amides is 1. The Morgan fingerprint density at radius 3 is 2.51 bits per heavy atom. The summed E-state index contributed by atoms with van der Waals surface area (Å²) in [7, 11) is 0. The van der Waals surface area contributed by atoms with Crippen molar-refractivity contribution in [2.24, 2.45) is 4.99 Å². The number of rotatable bonds is 9. The van der Waals surface area contributed by atoms with Gasteiger partial charge in [-0.05, 0) is 85.4 Å². The summed E-state index contributed by atoms with van der Waals surface area (Å²) in [5.41, 5.74) is 5.34. The van der Waals surface area contributed by atoms with Crippen molar-refractivity contribution in [1.82, 2.24) is 20.1 Å². The zero-order chi connectivity index (χ0) is 33.7. The molecule has 13 heteroatoms. The molecule has 4 aromatic rings. The molecule has 1 aromatic heterocycles. The Bertz CT molecular complexity index is 1800. The topological polar surface area (TPSA) is 84.6 Å². The lowest BCUT2D eigenvalue weighted by atomic mass is 9.99. The fourth-order valence-corrected chi connectivity index (χ4v) is 6.09. The van der Waals surface area contributed by atoms with E-state index in [0.29, 0.717) is 34.0 Å². The number of aryl methyl sites for hydroxylation is 1. The monoisotopic (exact) mass is 678 g/mol. The third-order valence-corrected chi connectivity index (χ3v) is 8.31. The molecule has 1 unspecified atom stereocenters. The first-order chi connectivity index (χ1) is 22.4. The van der Waals surface area contributed by atoms with Crippen molar-refractivity contribution in [3.05, 3.63) is 95.8 Å². The molecule has 5 rings (SSSR count). The smallest absolute Gasteiger partial charge is 0.406 e. The summed E-state index contributed by atoms with van der Waals surface area (Å²) in [5.74, 6) is 0.729. The van der Waals surface area contributed by atoms with Crippen LogP contribution in [0.25, 0.3) is 23.2 Å². The minimum absolute atomic E-state index is 0.00498. The minimum atomic E-state index is -4.75. The number of thiocarbonyl (C=S) groups is 1. The third-order valence-electron chi connectivity index (χ3n) is 7.18. The Labute approximate surface area is 280 Å². The molecule has 244 valence electrons. The highest BCUT2D eigenvalue weighted by Crippen LogP contribution is 2.34. The van der Waals surface area contributed by atoms with E-state index in [2.05, 4.69) is 51.1 Å². The van der Waals surface area contributed by atoms with Crippen molar-refractivity contribution in [2.75, 3.05) is 10.7 Å². The fraction of sp³-hybridized carbons (Fsp3) is 0.265. The number of halogens is 3. The molecular weight excluding hydrogens is 646 g/mol. The van der Waals surface area contributed by atoms with E-state index < -0.39 is 6.36 Å². The SMILES string of the molecule is Cc1ccc(C(C)C)c(N2C(=O)CSC2=NC(=S)NC(C)C/C=C/c2ccc(-c3ncn(-c4ccc(OC(F)(F)F)cc4)n3)cc2)c1. The number of benzene rings is 3. The maximum Gasteiger partial charge on any atom is 0.573 e. The number of amidine groups is 1. The van der Waals surface area contributed by atoms with Gasteiger partial charge in [0.1, 0.15) is 12.1 Å². The van der Waals surface area contributed by atoms with Gasteiger partial charge in [0, 0.05) is 11.6 Å². The molecule has 2 heterocycles. The number of nitrogens with one attached hydrogen (secondary N) is 1. The predicted octanol–water partition coefficient (Wildman–Crippen LogP) is 8.07. The number of alkyl halides is 3. The Morgan fingerprint density at radius 2 is 1.83 bits per heavy atom. The third kappa shape index (κ3) is 8.86. The van der Waals surface area contributed by atoms with E-state index in [1.54, 1.807) is 4.90 Å². The van der Waals surface area contributed by atoms with Crippen LogP contribution in [0.1, 0.15) is 49.8 Å². The van der Waals surface area contributed by atoms with E-state index in [1.165, 1.54) is 47.0 Å². The highest BCUT2D eigenvalue weighted by atomic mass is 32.2. The van der Waals surface area contributed by atoms with Crippen LogP contribution in [0.3, 0.4) is 0 Å². The number of aliphatic imine (C=N–C) groups is 1. The quantitative estimate of drug-likeness (QED) is 0.179. The lowest BCUT2D eigenvalue weighted by Gasteiger charge is -2.22. The number of carbonyl (C=O) groups excluding carboxylic acids is 1. The lowest BCUT2D eigenvalue weighted by Crippen LogP contribution is -2.34. The second-order valence-corrected chi connectivity index (χ2v) is 12.6. The Hall–Kier alpha value is -4.49. The second-order valence-electron chi connectivity index (χ2n) is 11.3. The maximum atomic E-state index is 12.9. The van der Waals surface area contributed by atoms with E-state index in [-0.39, 0.29) is 23.6 Å². The van der Waals surface area contributed by atoms with Gasteiger partial charge in [0.25, 0.3) is 0 Å². The van der Waals surface area contributed by atoms with Crippen LogP contribution < -0.4 is 15.0 Å². The molecular formula is C34H33F3N6O2S2. The van der Waals surface area contributed by atoms with Crippen LogP contribution in [0.15, 0.2) is 84.1 Å². The van der Waals surface area contributed by atoms with Crippen molar-refractivity contribution in [1.29, 1.82) is 0 Å². The maximum absolute atomic E-state index is 12.9. The van der Waals surface area contributed by atoms with Crippen LogP contribution in [0, 0.1) is 6.92 Å². The summed E-state index contributed by atoms with van der Waals surface area (Å²) in [5, 5.41) is 8.61. The Kier molecular flexibility index (Phi) is 10.5. The van der Waals surface area contributed by atoms with Gasteiger partial charge in [0.05, 0.1) is 17.1 Å². The molecule has 1 aliphatic rings. The summed E-state index contributed by atoms with van der Waals surface area (Å²) in [6, 6.07) is 19.2. The molecule has 1 fully saturated rings. The van der Waals surface area contributed by atoms with Crippen LogP contribution in [0.2, 0.25) is 0 Å². The van der Waals surface area contributed by atoms with Gasteiger partial charge in [-0.2, -0.15) is 4.99 Å². The number of hydrogen-bond donors (Lipinski definition) is 1. The number of thioether (sulfide) groups is 1. The van der Waals surface area contributed by atoms with Gasteiger partial charge in [-0.15, -0.1) is 18.3 Å². The van der Waals surface area contributed by atoms with Gasteiger partial charge >= 0.3 is 6.36 Å². The second kappa shape index (κ2) is 14.5. The molecule has 1 N–H and O–H groups in total. The molecule has 1 atom stereocenters. The van der Waals surface area contributed by atoms with Gasteiger partial charge in [-0.25, -0.2) is 9.67 Å². The summed E-state index contributed by atoms with van der Waals surface area (Å²) < 4.78 is 42.7. The molecule has 8 nitrogen and oxygen atoms in total. The normalized spacial score (nSPS) is 15.2. The molecule has 0 radical (unpaired) electrons. The molecule has 0 bridgehead atoms. The van der Waals surface area contributed by atoms with Crippen molar-refractivity contribution >= 4 is 51.9 Å². The Morgan fingerprint density at radius 1 is 1.11 bits per heavy atom. The van der Waals surface area contributed by atoms with Crippen molar-refractivity contribution < 1.29 is 22.7 Å². The first-order valence-electron chi connectivity index (χ1n) is 14.9. The standard InChI is InChI=1S/C34H33F3N6O2S2/c1-21(2)28-17-8-22(3)18-29(28)43-30(44)19-47-33(43)40-32(46)39-23(4)6-5-7-24-9-11-25(12-10-24)31-38-20-42(41-31)26-13-15-27(16-14-26)45-34(35,36)37/h5,7-18,20-21,23H,6,19H2,1-4H3,(H,39,46)/b7-5+,40-33?. The minimum Gasteiger partial charge on any atom is -0.406 e. The molecule has 3 aromatic carbocycles. The predicted molar refractivity (Wildman–Crippen MR) is 185 cm³/mol. The van der Waals surface area contributed by atoms with Crippen LogP contribution in [-0.2, 0) is 4.79 Å². The van der Waals surface area contributed by atoms with Gasteiger partial charge in [0.15, 0.2) is 16.1 Å². The van der Waals surface area contributed by atoms with E-state index >= 15 is 0 Å². The number of hydrogen-bond acceptors (Lipinski definition) is 6. The average molecular weight is 679 g/mol. The largest absolute Gasteiger partial charge is 0.573 e. The van der Waals surface area contributed by atoms with Gasteiger partial charge < -0.3 is 10.1 Å². The van der Waals surface area contributed by atoms with Crippen LogP contribution in [-0.4, -0.2) is 49.1 Å². The zero-order valence-electron chi connectivity index (χ0n) is 26.2. The number of ether oxygens (including phenoxy) is 1. The van der Waals surface area contributed by atoms with Crippen LogP contribution in [0.5, 0.6) is 5.75 Å². The van der Waals surface area contributed by atoms with Crippen LogP contribution in [0.4, 0.5) is 18.9 Å². The number of anilines is 1. The van der Waals surface area contributed by atoms with Gasteiger partial charge in [0.2, 0.25) is 5.91 Å². The first-order valence-corrected chi connectivity index (χ1v) is 16.3. The zero-order valence-corrected chi connectivity index (χ0v) is 27.8. The first kappa shape index (κ1) is 33.9. The van der Waals surface area contributed by atoms with Crippen molar-refractivity contribution in [3.8, 4) is 22.8 Å². The van der Waals surface area contributed by atoms with Gasteiger partial charge in [-0.1, -0.05) is 74.2 Å². The molecule has 1 aliphatic heterocycles. The molecule has 0 aliphatic carbocycles. The molecule has 47 heavy (non-hydrogen) atoms. The molecule has 1 saturated heterocycles. The lowest BCUT2D eigenvalue weighted by molar-refractivity contribution is -0.274. The van der Waals surface area contributed by atoms with E-state index in [0.717, 1.165) is 27.9 Å². The van der Waals surface area contributed by atoms with E-state index in [4.69, 9.17) is 12.2 Å². The van der Waals surface area contributed by atoms with E-state index in [1.807, 2.05) is 56.3 Å². The number of carbonyl (C=O) groups is 1. The molecule has 0 spiro atoms. The summed E-state index contributed by atoms with van der Waals surface area (Å²) >= 11 is 6.93. The van der Waals surface area contributed by atoms with Gasteiger partial charge in [-0.3, -0.25) is 9.69 Å². The van der Waals surface area contributed by atoms with Crippen molar-refractivity contribution in [3.63, 3.8) is 0 Å².